The summed E-state index contributed by atoms with van der Waals surface area (Å²) in [5.41, 5.74) is 0. The van der Waals surface area contributed by atoms with E-state index in [0.717, 1.165) is 0 Å². The minimum atomic E-state index is -1.29. The monoisotopic (exact) mass is 314 g/mol. The zero-order valence-corrected chi connectivity index (χ0v) is 14.4. The second-order valence-electron chi connectivity index (χ2n) is 6.10. The number of amides is 2. The third-order valence-electron chi connectivity index (χ3n) is 3.98. The maximum atomic E-state index is 12.3. The van der Waals surface area contributed by atoms with Crippen LogP contribution in [0.4, 0.5) is 0 Å². The van der Waals surface area contributed by atoms with Gasteiger partial charge in [0, 0.05) is 34.6 Å². The molecule has 0 saturated carbocycles. The Morgan fingerprint density at radius 1 is 1.00 bits per heavy atom. The summed E-state index contributed by atoms with van der Waals surface area (Å²) in [4.78, 5) is 39.3. The number of carbonyl (C=O) groups is 3. The summed E-state index contributed by atoms with van der Waals surface area (Å²) in [5.74, 6) is -2.63. The highest BCUT2D eigenvalue weighted by atomic mass is 16.8. The summed E-state index contributed by atoms with van der Waals surface area (Å²) >= 11 is 0. The van der Waals surface area contributed by atoms with Crippen LogP contribution in [-0.4, -0.2) is 73.6 Å². The van der Waals surface area contributed by atoms with Gasteiger partial charge in [-0.15, -0.1) is 0 Å². The number of hydrogen-bond acceptors (Lipinski definition) is 5. The van der Waals surface area contributed by atoms with Crippen molar-refractivity contribution in [3.05, 3.63) is 0 Å². The summed E-state index contributed by atoms with van der Waals surface area (Å²) in [7, 11) is 6.33. The lowest BCUT2D eigenvalue weighted by molar-refractivity contribution is -0.199. The van der Waals surface area contributed by atoms with Crippen molar-refractivity contribution in [3.8, 4) is 0 Å². The molecule has 7 heteroatoms. The lowest BCUT2D eigenvalue weighted by atomic mass is 9.96. The van der Waals surface area contributed by atoms with Crippen molar-refractivity contribution in [2.75, 3.05) is 28.2 Å². The highest BCUT2D eigenvalue weighted by Crippen LogP contribution is 2.36. The smallest absolute Gasteiger partial charge is 0.254 e. The minimum absolute atomic E-state index is 0.0449. The van der Waals surface area contributed by atoms with E-state index in [0.29, 0.717) is 6.42 Å². The van der Waals surface area contributed by atoms with Crippen LogP contribution in [-0.2, 0) is 23.9 Å². The zero-order valence-electron chi connectivity index (χ0n) is 14.4. The highest BCUT2D eigenvalue weighted by Gasteiger charge is 2.55. The van der Waals surface area contributed by atoms with Gasteiger partial charge >= 0.3 is 0 Å². The lowest BCUT2D eigenvalue weighted by Crippen LogP contribution is -2.47. The van der Waals surface area contributed by atoms with Crippen LogP contribution in [0.3, 0.4) is 0 Å². The summed E-state index contributed by atoms with van der Waals surface area (Å²) in [6, 6.07) is 0. The van der Waals surface area contributed by atoms with Gasteiger partial charge in [-0.1, -0.05) is 13.8 Å². The van der Waals surface area contributed by atoms with Crippen LogP contribution in [0.15, 0.2) is 0 Å². The number of nitrogens with zero attached hydrogens (tertiary/aromatic N) is 2. The molecular weight excluding hydrogens is 288 g/mol. The molecule has 1 saturated heterocycles. The Morgan fingerprint density at radius 2 is 1.36 bits per heavy atom. The van der Waals surface area contributed by atoms with Gasteiger partial charge in [0.25, 0.3) is 11.8 Å². The molecule has 0 aliphatic carbocycles. The molecule has 0 unspecified atom stereocenters. The van der Waals surface area contributed by atoms with Crippen molar-refractivity contribution in [1.82, 2.24) is 9.80 Å². The molecule has 1 rings (SSSR count). The number of Topliss-reactive ketones (excluding diaryl/α,β-unsaturated/α-hetero) is 1. The van der Waals surface area contributed by atoms with E-state index in [9.17, 15) is 14.4 Å². The molecule has 0 radical (unpaired) electrons. The van der Waals surface area contributed by atoms with E-state index in [4.69, 9.17) is 9.47 Å². The SMILES string of the molecule is CCC(=O)[C@H](C)C1(C)O[C@@H](C(=O)N(C)C)[C@H](C(=O)N(C)C)O1. The normalized spacial score (nSPS) is 24.7. The first-order chi connectivity index (χ1) is 10.0. The number of likely N-dealkylation sites (N-methyl/N-ethyl adjacent to an activating group) is 2. The van der Waals surface area contributed by atoms with Gasteiger partial charge in [0.1, 0.15) is 5.78 Å². The Balaban J connectivity index is 3.12. The molecule has 1 aliphatic heterocycles. The zero-order chi connectivity index (χ0) is 17.2. The van der Waals surface area contributed by atoms with Crippen LogP contribution < -0.4 is 0 Å². The Hall–Kier alpha value is -1.47. The minimum Gasteiger partial charge on any atom is -0.346 e. The fourth-order valence-electron chi connectivity index (χ4n) is 2.33. The van der Waals surface area contributed by atoms with Crippen LogP contribution in [0, 0.1) is 5.92 Å². The molecule has 0 bridgehead atoms. The Kier molecular flexibility index (Phi) is 5.70. The van der Waals surface area contributed by atoms with Crippen molar-refractivity contribution < 1.29 is 23.9 Å². The molecule has 0 spiro atoms. The van der Waals surface area contributed by atoms with Crippen LogP contribution in [0.2, 0.25) is 0 Å². The standard InChI is InChI=1S/C15H26N2O5/c1-8-10(18)9(2)15(3)21-11(13(19)16(4)5)12(22-15)14(20)17(6)7/h9,11-12H,8H2,1-7H3/t9-,11+,12+/m0/s1. The summed E-state index contributed by atoms with van der Waals surface area (Å²) in [5, 5.41) is 0. The van der Waals surface area contributed by atoms with Gasteiger partial charge in [-0.25, -0.2) is 0 Å². The van der Waals surface area contributed by atoms with Crippen LogP contribution in [0.5, 0.6) is 0 Å². The van der Waals surface area contributed by atoms with Gasteiger partial charge in [-0.05, 0) is 6.92 Å². The van der Waals surface area contributed by atoms with E-state index in [1.54, 1.807) is 49.0 Å². The molecule has 0 aromatic carbocycles. The third kappa shape index (κ3) is 3.47. The molecule has 0 aromatic rings. The van der Waals surface area contributed by atoms with E-state index in [1.165, 1.54) is 9.80 Å². The van der Waals surface area contributed by atoms with Crippen molar-refractivity contribution in [3.63, 3.8) is 0 Å². The van der Waals surface area contributed by atoms with Crippen LogP contribution in [0.25, 0.3) is 0 Å². The predicted octanol–water partition coefficient (Wildman–Crippen LogP) is 0.278. The predicted molar refractivity (Wildman–Crippen MR) is 80.0 cm³/mol. The second kappa shape index (κ2) is 6.75. The maximum absolute atomic E-state index is 12.3. The van der Waals surface area contributed by atoms with E-state index in [-0.39, 0.29) is 17.6 Å². The molecule has 0 aromatic heterocycles. The molecule has 7 nitrogen and oxygen atoms in total. The van der Waals surface area contributed by atoms with E-state index in [1.807, 2.05) is 0 Å². The highest BCUT2D eigenvalue weighted by molar-refractivity contribution is 5.91. The summed E-state index contributed by atoms with van der Waals surface area (Å²) < 4.78 is 11.5. The number of ketones is 1. The van der Waals surface area contributed by atoms with Crippen LogP contribution in [0.1, 0.15) is 27.2 Å². The maximum Gasteiger partial charge on any atom is 0.254 e. The Bertz CT molecular complexity index is 433. The molecule has 3 atom stereocenters. The number of ether oxygens (including phenoxy) is 2. The quantitative estimate of drug-likeness (QED) is 0.728. The lowest BCUT2D eigenvalue weighted by Gasteiger charge is -2.29. The molecule has 1 fully saturated rings. The van der Waals surface area contributed by atoms with Crippen molar-refractivity contribution in [1.29, 1.82) is 0 Å². The molecule has 1 aliphatic rings. The van der Waals surface area contributed by atoms with Crippen LogP contribution >= 0.6 is 0 Å². The third-order valence-corrected chi connectivity index (χ3v) is 3.98. The van der Waals surface area contributed by atoms with E-state index in [2.05, 4.69) is 0 Å². The topological polar surface area (TPSA) is 76.2 Å². The molecule has 2 amide bonds. The molecule has 1 heterocycles. The Morgan fingerprint density at radius 3 is 1.64 bits per heavy atom. The fourth-order valence-corrected chi connectivity index (χ4v) is 2.33. The number of rotatable bonds is 5. The average Bonchev–Trinajstić information content (AvgIpc) is 2.82. The summed E-state index contributed by atoms with van der Waals surface area (Å²) in [6.07, 6.45) is -1.77. The molecule has 0 N–H and O–H groups in total. The van der Waals surface area contributed by atoms with E-state index < -0.39 is 23.9 Å². The molecule has 22 heavy (non-hydrogen) atoms. The first-order valence-electron chi connectivity index (χ1n) is 7.35. The van der Waals surface area contributed by atoms with Gasteiger partial charge in [0.15, 0.2) is 18.0 Å². The second-order valence-corrected chi connectivity index (χ2v) is 6.10. The van der Waals surface area contributed by atoms with Gasteiger partial charge in [0.05, 0.1) is 5.92 Å². The molecule has 126 valence electrons. The molecular formula is C15H26N2O5. The largest absolute Gasteiger partial charge is 0.346 e. The first kappa shape index (κ1) is 18.6. The van der Waals surface area contributed by atoms with Crippen molar-refractivity contribution in [2.45, 2.75) is 45.2 Å². The Labute approximate surface area is 131 Å². The first-order valence-corrected chi connectivity index (χ1v) is 7.35. The average molecular weight is 314 g/mol. The van der Waals surface area contributed by atoms with E-state index >= 15 is 0 Å². The van der Waals surface area contributed by atoms with Crippen molar-refractivity contribution >= 4 is 17.6 Å². The van der Waals surface area contributed by atoms with Gasteiger partial charge in [-0.3, -0.25) is 14.4 Å². The van der Waals surface area contributed by atoms with Gasteiger partial charge < -0.3 is 19.3 Å². The fraction of sp³-hybridized carbons (Fsp3) is 0.800. The van der Waals surface area contributed by atoms with Crippen molar-refractivity contribution in [2.24, 2.45) is 5.92 Å². The van der Waals surface area contributed by atoms with Gasteiger partial charge in [-0.2, -0.15) is 0 Å². The van der Waals surface area contributed by atoms with Gasteiger partial charge in [0.2, 0.25) is 0 Å². The number of carbonyl (C=O) groups excluding carboxylic acids is 3. The summed E-state index contributed by atoms with van der Waals surface area (Å²) in [6.45, 7) is 5.04. The number of hydrogen-bond donors (Lipinski definition) is 0.